The summed E-state index contributed by atoms with van der Waals surface area (Å²) in [5.41, 5.74) is 3.98. The van der Waals surface area contributed by atoms with Gasteiger partial charge in [0.05, 0.1) is 32.1 Å². The molecule has 4 rings (SSSR count). The number of halogens is 1. The second kappa shape index (κ2) is 13.8. The van der Waals surface area contributed by atoms with Crippen LogP contribution in [0.15, 0.2) is 65.6 Å². The Labute approximate surface area is 223 Å². The van der Waals surface area contributed by atoms with Gasteiger partial charge in [0.2, 0.25) is 5.89 Å². The van der Waals surface area contributed by atoms with Gasteiger partial charge < -0.3 is 23.9 Å². The van der Waals surface area contributed by atoms with E-state index >= 15 is 0 Å². The summed E-state index contributed by atoms with van der Waals surface area (Å²) in [5.74, 6) is 1.27. The highest BCUT2D eigenvalue weighted by Crippen LogP contribution is 2.25. The summed E-state index contributed by atoms with van der Waals surface area (Å²) >= 11 is 0. The summed E-state index contributed by atoms with van der Waals surface area (Å²) in [6, 6.07) is 16.0. The Morgan fingerprint density at radius 3 is 2.68 bits per heavy atom. The molecule has 198 valence electrons. The van der Waals surface area contributed by atoms with Crippen LogP contribution in [0.3, 0.4) is 0 Å². The normalized spacial score (nSPS) is 13.3. The SMILES string of the molecule is C=CCN(CC(=O)O)Cc1cccc(OCCc2nc(-c3ccc(N4CCOCC4)cc3)oc2C)c1.Cl. The summed E-state index contributed by atoms with van der Waals surface area (Å²) < 4.78 is 17.3. The van der Waals surface area contributed by atoms with E-state index in [4.69, 9.17) is 24.0 Å². The van der Waals surface area contributed by atoms with Crippen LogP contribution in [0.4, 0.5) is 5.69 Å². The molecule has 0 unspecified atom stereocenters. The van der Waals surface area contributed by atoms with Gasteiger partial charge in [0.1, 0.15) is 11.5 Å². The van der Waals surface area contributed by atoms with Gasteiger partial charge in [0.25, 0.3) is 0 Å². The maximum Gasteiger partial charge on any atom is 0.317 e. The van der Waals surface area contributed by atoms with E-state index in [9.17, 15) is 4.79 Å². The zero-order valence-corrected chi connectivity index (χ0v) is 21.9. The van der Waals surface area contributed by atoms with Crippen LogP contribution < -0.4 is 9.64 Å². The minimum absolute atomic E-state index is 0. The zero-order valence-electron chi connectivity index (χ0n) is 21.1. The topological polar surface area (TPSA) is 88.3 Å². The maximum absolute atomic E-state index is 11.1. The van der Waals surface area contributed by atoms with Gasteiger partial charge in [-0.1, -0.05) is 18.2 Å². The largest absolute Gasteiger partial charge is 0.493 e. The molecule has 37 heavy (non-hydrogen) atoms. The van der Waals surface area contributed by atoms with Gasteiger partial charge in [-0.05, 0) is 48.9 Å². The minimum Gasteiger partial charge on any atom is -0.493 e. The van der Waals surface area contributed by atoms with Crippen molar-refractivity contribution < 1.29 is 23.8 Å². The van der Waals surface area contributed by atoms with E-state index in [1.807, 2.05) is 48.2 Å². The highest BCUT2D eigenvalue weighted by Gasteiger charge is 2.15. The van der Waals surface area contributed by atoms with Crippen molar-refractivity contribution in [2.24, 2.45) is 0 Å². The highest BCUT2D eigenvalue weighted by molar-refractivity contribution is 5.85. The van der Waals surface area contributed by atoms with E-state index in [1.54, 1.807) is 6.08 Å². The average Bonchev–Trinajstić information content (AvgIpc) is 3.25. The summed E-state index contributed by atoms with van der Waals surface area (Å²) in [6.07, 6.45) is 2.32. The molecule has 1 aliphatic heterocycles. The number of aromatic nitrogens is 1. The minimum atomic E-state index is -0.861. The Morgan fingerprint density at radius 1 is 1.22 bits per heavy atom. The molecule has 0 atom stereocenters. The van der Waals surface area contributed by atoms with E-state index in [-0.39, 0.29) is 19.0 Å². The summed E-state index contributed by atoms with van der Waals surface area (Å²) in [5, 5.41) is 9.11. The van der Waals surface area contributed by atoms with Crippen molar-refractivity contribution in [2.45, 2.75) is 19.9 Å². The molecule has 8 nitrogen and oxygen atoms in total. The van der Waals surface area contributed by atoms with Crippen molar-refractivity contribution in [2.75, 3.05) is 50.9 Å². The van der Waals surface area contributed by atoms with Crippen LogP contribution in [0.5, 0.6) is 5.75 Å². The lowest BCUT2D eigenvalue weighted by Gasteiger charge is -2.28. The molecule has 2 aromatic carbocycles. The number of carbonyl (C=O) groups is 1. The Morgan fingerprint density at radius 2 is 1.97 bits per heavy atom. The zero-order chi connectivity index (χ0) is 25.3. The van der Waals surface area contributed by atoms with Crippen LogP contribution in [0.25, 0.3) is 11.5 Å². The smallest absolute Gasteiger partial charge is 0.317 e. The number of morpholine rings is 1. The van der Waals surface area contributed by atoms with Crippen LogP contribution in [0.2, 0.25) is 0 Å². The molecule has 0 saturated carbocycles. The number of hydrogen-bond acceptors (Lipinski definition) is 7. The number of carboxylic acid groups (broad SMARTS) is 1. The molecule has 0 radical (unpaired) electrons. The van der Waals surface area contributed by atoms with Gasteiger partial charge in [0.15, 0.2) is 0 Å². The van der Waals surface area contributed by atoms with Crippen molar-refractivity contribution >= 4 is 24.1 Å². The van der Waals surface area contributed by atoms with Crippen LogP contribution >= 0.6 is 12.4 Å². The maximum atomic E-state index is 11.1. The summed E-state index contributed by atoms with van der Waals surface area (Å²) in [6.45, 7) is 10.4. The first-order valence-corrected chi connectivity index (χ1v) is 12.2. The molecule has 1 aliphatic rings. The fourth-order valence-electron chi connectivity index (χ4n) is 4.24. The number of aliphatic carboxylic acids is 1. The quantitative estimate of drug-likeness (QED) is 0.342. The van der Waals surface area contributed by atoms with Gasteiger partial charge in [-0.15, -0.1) is 19.0 Å². The molecule has 9 heteroatoms. The Kier molecular flexibility index (Phi) is 10.6. The molecule has 0 spiro atoms. The number of carboxylic acids is 1. The van der Waals surface area contributed by atoms with Gasteiger partial charge in [0, 0.05) is 43.9 Å². The number of hydrogen-bond donors (Lipinski definition) is 1. The van der Waals surface area contributed by atoms with Crippen molar-refractivity contribution in [1.29, 1.82) is 0 Å². The van der Waals surface area contributed by atoms with Crippen molar-refractivity contribution in [3.8, 4) is 17.2 Å². The molecule has 2 heterocycles. The first kappa shape index (κ1) is 28.2. The standard InChI is InChI=1S/C28H33N3O5.ClH/c1-3-12-30(20-27(32)33)19-22-5-4-6-25(18-22)35-15-11-26-21(2)36-28(29-26)23-7-9-24(10-8-23)31-13-16-34-17-14-31;/h3-10,18H,1,11-17,19-20H2,2H3,(H,32,33);1H. The van der Waals surface area contributed by atoms with E-state index in [0.29, 0.717) is 32.0 Å². The van der Waals surface area contributed by atoms with Gasteiger partial charge in [-0.25, -0.2) is 4.98 Å². The molecule has 3 aromatic rings. The number of aryl methyl sites for hydroxylation is 1. The number of ether oxygens (including phenoxy) is 2. The number of anilines is 1. The molecule has 0 amide bonds. The summed E-state index contributed by atoms with van der Waals surface area (Å²) in [7, 11) is 0. The first-order valence-electron chi connectivity index (χ1n) is 12.2. The molecular weight excluding hydrogens is 494 g/mol. The lowest BCUT2D eigenvalue weighted by atomic mass is 10.2. The van der Waals surface area contributed by atoms with Crippen molar-refractivity contribution in [3.63, 3.8) is 0 Å². The number of benzene rings is 2. The Hall–Kier alpha value is -3.33. The summed E-state index contributed by atoms with van der Waals surface area (Å²) in [4.78, 5) is 19.9. The third kappa shape index (κ3) is 8.08. The van der Waals surface area contributed by atoms with E-state index in [2.05, 4.69) is 23.6 Å². The average molecular weight is 528 g/mol. The van der Waals surface area contributed by atoms with E-state index in [0.717, 1.165) is 54.6 Å². The monoisotopic (exact) mass is 527 g/mol. The van der Waals surface area contributed by atoms with Crippen LogP contribution in [-0.4, -0.2) is 67.0 Å². The van der Waals surface area contributed by atoms with Crippen molar-refractivity contribution in [3.05, 3.63) is 78.2 Å². The molecular formula is C28H34ClN3O5. The van der Waals surface area contributed by atoms with E-state index in [1.165, 1.54) is 5.69 Å². The van der Waals surface area contributed by atoms with Crippen LogP contribution in [0, 0.1) is 6.92 Å². The lowest BCUT2D eigenvalue weighted by Crippen LogP contribution is -2.36. The number of oxazole rings is 1. The van der Waals surface area contributed by atoms with Gasteiger partial charge in [-0.2, -0.15) is 0 Å². The predicted molar refractivity (Wildman–Crippen MR) is 146 cm³/mol. The number of rotatable bonds is 12. The molecule has 1 saturated heterocycles. The Bertz CT molecular complexity index is 1160. The van der Waals surface area contributed by atoms with E-state index < -0.39 is 5.97 Å². The second-order valence-electron chi connectivity index (χ2n) is 8.77. The molecule has 1 aromatic heterocycles. The molecule has 1 N–H and O–H groups in total. The number of nitrogens with zero attached hydrogens (tertiary/aromatic N) is 3. The van der Waals surface area contributed by atoms with Crippen LogP contribution in [0.1, 0.15) is 17.0 Å². The molecule has 0 aliphatic carbocycles. The molecule has 1 fully saturated rings. The first-order chi connectivity index (χ1) is 17.5. The lowest BCUT2D eigenvalue weighted by molar-refractivity contribution is -0.138. The fourth-order valence-corrected chi connectivity index (χ4v) is 4.24. The van der Waals surface area contributed by atoms with Crippen molar-refractivity contribution in [1.82, 2.24) is 9.88 Å². The third-order valence-corrected chi connectivity index (χ3v) is 6.04. The third-order valence-electron chi connectivity index (χ3n) is 6.04. The van der Waals surface area contributed by atoms with Gasteiger partial charge in [-0.3, -0.25) is 9.69 Å². The Balaban J connectivity index is 0.00000380. The predicted octanol–water partition coefficient (Wildman–Crippen LogP) is 4.60. The van der Waals surface area contributed by atoms with Gasteiger partial charge >= 0.3 is 5.97 Å². The highest BCUT2D eigenvalue weighted by atomic mass is 35.5. The second-order valence-corrected chi connectivity index (χ2v) is 8.77. The van der Waals surface area contributed by atoms with Crippen LogP contribution in [-0.2, 0) is 22.5 Å². The molecule has 0 bridgehead atoms. The fraction of sp³-hybridized carbons (Fsp3) is 0.357.